The lowest BCUT2D eigenvalue weighted by Gasteiger charge is -2.11. The van der Waals surface area contributed by atoms with Crippen LogP contribution in [0.2, 0.25) is 0 Å². The molecule has 0 fully saturated rings. The molecule has 2 rings (SSSR count). The molecule has 0 radical (unpaired) electrons. The largest absolute Gasteiger partial charge is 0.387 e. The topological polar surface area (TPSA) is 74.2 Å². The van der Waals surface area contributed by atoms with Gasteiger partial charge in [0.15, 0.2) is 5.13 Å². The number of rotatable bonds is 6. The fourth-order valence-electron chi connectivity index (χ4n) is 1.69. The Hall–Kier alpha value is -1.99. The van der Waals surface area contributed by atoms with Crippen molar-refractivity contribution in [3.05, 3.63) is 46.7 Å². The second kappa shape index (κ2) is 7.14. The maximum absolute atomic E-state index is 12.8. The molecule has 0 saturated heterocycles. The Morgan fingerprint density at radius 2 is 2.14 bits per heavy atom. The Bertz CT molecular complexity index is 601. The first-order valence-electron chi connectivity index (χ1n) is 6.51. The number of hydrogen-bond acceptors (Lipinski definition) is 5. The SMILES string of the molecule is CCNc1ncc(C(=O)NCC(O)c2ccc(F)cc2)s1. The highest BCUT2D eigenvalue weighted by atomic mass is 32.1. The van der Waals surface area contributed by atoms with Crippen LogP contribution in [0.4, 0.5) is 9.52 Å². The minimum absolute atomic E-state index is 0.0545. The van der Waals surface area contributed by atoms with E-state index in [2.05, 4.69) is 15.6 Å². The van der Waals surface area contributed by atoms with E-state index in [0.29, 0.717) is 15.6 Å². The van der Waals surface area contributed by atoms with E-state index in [4.69, 9.17) is 0 Å². The number of amides is 1. The predicted molar refractivity (Wildman–Crippen MR) is 80.0 cm³/mol. The van der Waals surface area contributed by atoms with Crippen molar-refractivity contribution >= 4 is 22.4 Å². The normalized spacial score (nSPS) is 12.0. The van der Waals surface area contributed by atoms with Crippen LogP contribution in [-0.2, 0) is 0 Å². The first-order valence-corrected chi connectivity index (χ1v) is 7.33. The molecule has 21 heavy (non-hydrogen) atoms. The lowest BCUT2D eigenvalue weighted by Crippen LogP contribution is -2.27. The van der Waals surface area contributed by atoms with Gasteiger partial charge in [0.1, 0.15) is 10.7 Å². The van der Waals surface area contributed by atoms with Crippen molar-refractivity contribution in [1.29, 1.82) is 0 Å². The van der Waals surface area contributed by atoms with E-state index in [1.165, 1.54) is 41.8 Å². The van der Waals surface area contributed by atoms with Gasteiger partial charge < -0.3 is 15.7 Å². The van der Waals surface area contributed by atoms with Gasteiger partial charge in [-0.2, -0.15) is 0 Å². The lowest BCUT2D eigenvalue weighted by atomic mass is 10.1. The summed E-state index contributed by atoms with van der Waals surface area (Å²) < 4.78 is 12.8. The standard InChI is InChI=1S/C14H16FN3O2S/c1-2-16-14-18-8-12(21-14)13(20)17-7-11(19)9-3-5-10(15)6-4-9/h3-6,8,11,19H,2,7H2,1H3,(H,16,18)(H,17,20). The molecule has 0 aliphatic rings. The third-order valence-electron chi connectivity index (χ3n) is 2.77. The van der Waals surface area contributed by atoms with Gasteiger partial charge in [0.05, 0.1) is 12.3 Å². The van der Waals surface area contributed by atoms with Gasteiger partial charge in [0.2, 0.25) is 0 Å². The zero-order valence-electron chi connectivity index (χ0n) is 11.5. The molecule has 0 bridgehead atoms. The van der Waals surface area contributed by atoms with Crippen molar-refractivity contribution in [2.45, 2.75) is 13.0 Å². The number of carbonyl (C=O) groups is 1. The molecule has 112 valence electrons. The molecule has 5 nitrogen and oxygen atoms in total. The molecule has 1 unspecified atom stereocenters. The van der Waals surface area contributed by atoms with Crippen molar-refractivity contribution in [3.8, 4) is 0 Å². The number of aromatic nitrogens is 1. The molecule has 1 amide bonds. The summed E-state index contributed by atoms with van der Waals surface area (Å²) in [5, 5.41) is 16.3. The smallest absolute Gasteiger partial charge is 0.263 e. The molecular weight excluding hydrogens is 293 g/mol. The van der Waals surface area contributed by atoms with Gasteiger partial charge in [-0.3, -0.25) is 4.79 Å². The minimum Gasteiger partial charge on any atom is -0.387 e. The van der Waals surface area contributed by atoms with Gasteiger partial charge in [-0.1, -0.05) is 23.5 Å². The molecule has 0 aliphatic heterocycles. The summed E-state index contributed by atoms with van der Waals surface area (Å²) in [6.07, 6.45) is 0.609. The zero-order chi connectivity index (χ0) is 15.2. The number of hydrogen-bond donors (Lipinski definition) is 3. The van der Waals surface area contributed by atoms with E-state index in [1.54, 1.807) is 0 Å². The number of nitrogens with zero attached hydrogens (tertiary/aromatic N) is 1. The first-order chi connectivity index (χ1) is 10.1. The molecule has 2 aromatic rings. The summed E-state index contributed by atoms with van der Waals surface area (Å²) in [5.41, 5.74) is 0.550. The van der Waals surface area contributed by atoms with Crippen LogP contribution in [-0.4, -0.2) is 29.1 Å². The summed E-state index contributed by atoms with van der Waals surface area (Å²) in [5.74, 6) is -0.659. The van der Waals surface area contributed by atoms with Gasteiger partial charge in [0, 0.05) is 13.1 Å². The number of aliphatic hydroxyl groups excluding tert-OH is 1. The molecule has 1 heterocycles. The monoisotopic (exact) mass is 309 g/mol. The highest BCUT2D eigenvalue weighted by molar-refractivity contribution is 7.17. The molecule has 1 aromatic heterocycles. The average Bonchev–Trinajstić information content (AvgIpc) is 2.94. The summed E-state index contributed by atoms with van der Waals surface area (Å²) in [7, 11) is 0. The number of halogens is 1. The maximum atomic E-state index is 12.8. The summed E-state index contributed by atoms with van der Waals surface area (Å²) in [6, 6.07) is 5.52. The summed E-state index contributed by atoms with van der Waals surface area (Å²) >= 11 is 1.25. The Morgan fingerprint density at radius 1 is 1.43 bits per heavy atom. The maximum Gasteiger partial charge on any atom is 0.263 e. The van der Waals surface area contributed by atoms with Crippen molar-refractivity contribution in [1.82, 2.24) is 10.3 Å². The Labute approximate surface area is 125 Å². The van der Waals surface area contributed by atoms with E-state index in [-0.39, 0.29) is 18.3 Å². The quantitative estimate of drug-likeness (QED) is 0.764. The van der Waals surface area contributed by atoms with Gasteiger partial charge >= 0.3 is 0 Å². The molecule has 0 saturated carbocycles. The highest BCUT2D eigenvalue weighted by Crippen LogP contribution is 2.18. The number of anilines is 1. The van der Waals surface area contributed by atoms with Crippen molar-refractivity contribution < 1.29 is 14.3 Å². The van der Waals surface area contributed by atoms with Crippen molar-refractivity contribution in [2.75, 3.05) is 18.4 Å². The number of nitrogens with one attached hydrogen (secondary N) is 2. The third-order valence-corrected chi connectivity index (χ3v) is 3.72. The van der Waals surface area contributed by atoms with Gasteiger partial charge in [-0.15, -0.1) is 0 Å². The molecular formula is C14H16FN3O2S. The van der Waals surface area contributed by atoms with Crippen LogP contribution in [0.25, 0.3) is 0 Å². The Kier molecular flexibility index (Phi) is 5.24. The average molecular weight is 309 g/mol. The van der Waals surface area contributed by atoms with Crippen molar-refractivity contribution in [3.63, 3.8) is 0 Å². The van der Waals surface area contributed by atoms with Crippen LogP contribution in [0, 0.1) is 5.82 Å². The first kappa shape index (κ1) is 15.4. The van der Waals surface area contributed by atoms with Crippen LogP contribution >= 0.6 is 11.3 Å². The number of carbonyl (C=O) groups excluding carboxylic acids is 1. The second-order valence-corrected chi connectivity index (χ2v) is 5.37. The van der Waals surface area contributed by atoms with Crippen LogP contribution in [0.1, 0.15) is 28.3 Å². The molecule has 7 heteroatoms. The third kappa shape index (κ3) is 4.24. The van der Waals surface area contributed by atoms with Crippen LogP contribution in [0.3, 0.4) is 0 Å². The fourth-order valence-corrected chi connectivity index (χ4v) is 2.49. The molecule has 1 aromatic carbocycles. The van der Waals surface area contributed by atoms with E-state index in [0.717, 1.165) is 6.54 Å². The van der Waals surface area contributed by atoms with Gasteiger partial charge in [0.25, 0.3) is 5.91 Å². The van der Waals surface area contributed by atoms with E-state index < -0.39 is 6.10 Å². The molecule has 0 spiro atoms. The van der Waals surface area contributed by atoms with E-state index >= 15 is 0 Å². The molecule has 0 aliphatic carbocycles. The van der Waals surface area contributed by atoms with Gasteiger partial charge in [-0.05, 0) is 24.6 Å². The van der Waals surface area contributed by atoms with Crippen LogP contribution in [0.5, 0.6) is 0 Å². The van der Waals surface area contributed by atoms with E-state index in [1.807, 2.05) is 6.92 Å². The number of aliphatic hydroxyl groups is 1. The molecule has 1 atom stereocenters. The van der Waals surface area contributed by atoms with E-state index in [9.17, 15) is 14.3 Å². The summed E-state index contributed by atoms with van der Waals surface area (Å²) in [6.45, 7) is 2.73. The Balaban J connectivity index is 1.89. The van der Waals surface area contributed by atoms with Crippen LogP contribution < -0.4 is 10.6 Å². The molecule has 3 N–H and O–H groups in total. The zero-order valence-corrected chi connectivity index (χ0v) is 12.3. The Morgan fingerprint density at radius 3 is 2.81 bits per heavy atom. The van der Waals surface area contributed by atoms with Gasteiger partial charge in [-0.25, -0.2) is 9.37 Å². The highest BCUT2D eigenvalue weighted by Gasteiger charge is 2.13. The predicted octanol–water partition coefficient (Wildman–Crippen LogP) is 2.18. The fraction of sp³-hybridized carbons (Fsp3) is 0.286. The lowest BCUT2D eigenvalue weighted by molar-refractivity contribution is 0.0920. The number of thiazole rings is 1. The minimum atomic E-state index is -0.879. The van der Waals surface area contributed by atoms with Crippen molar-refractivity contribution in [2.24, 2.45) is 0 Å². The van der Waals surface area contributed by atoms with Crippen LogP contribution in [0.15, 0.2) is 30.5 Å². The number of benzene rings is 1. The second-order valence-electron chi connectivity index (χ2n) is 4.34. The summed E-state index contributed by atoms with van der Waals surface area (Å²) in [4.78, 5) is 16.4.